The molecule has 0 unspecified atom stereocenters. The first kappa shape index (κ1) is 16.9. The molecule has 2 heterocycles. The minimum Gasteiger partial charge on any atom is -0.254 e. The van der Waals surface area contributed by atoms with Crippen molar-refractivity contribution < 1.29 is 0 Å². The molecule has 0 saturated heterocycles. The first-order valence-electron chi connectivity index (χ1n) is 9.00. The second-order valence-corrected chi connectivity index (χ2v) is 6.35. The Bertz CT molecular complexity index is 1190. The average molecular weight is 348 g/mol. The van der Waals surface area contributed by atoms with Gasteiger partial charge in [0.25, 0.3) is 0 Å². The molecule has 0 aliphatic carbocycles. The lowest BCUT2D eigenvalue weighted by Gasteiger charge is -2.11. The predicted molar refractivity (Wildman–Crippen MR) is 115 cm³/mol. The van der Waals surface area contributed by atoms with Crippen LogP contribution >= 0.6 is 0 Å². The van der Waals surface area contributed by atoms with Crippen LogP contribution in [0.25, 0.3) is 38.5 Å². The average Bonchev–Trinajstić information content (AvgIpc) is 2.73. The Morgan fingerprint density at radius 3 is 2.30 bits per heavy atom. The molecule has 2 heteroatoms. The predicted octanol–water partition coefficient (Wildman–Crippen LogP) is 6.60. The summed E-state index contributed by atoms with van der Waals surface area (Å²) >= 11 is 0. The van der Waals surface area contributed by atoms with Crippen molar-refractivity contribution in [2.45, 2.75) is 6.92 Å². The van der Waals surface area contributed by atoms with E-state index in [4.69, 9.17) is 0 Å². The first-order chi connectivity index (χ1) is 13.3. The highest BCUT2D eigenvalue weighted by atomic mass is 14.7. The van der Waals surface area contributed by atoms with Crippen molar-refractivity contribution in [2.24, 2.45) is 0 Å². The fourth-order valence-corrected chi connectivity index (χ4v) is 3.35. The minimum absolute atomic E-state index is 0.906. The zero-order valence-corrected chi connectivity index (χ0v) is 15.3. The van der Waals surface area contributed by atoms with Gasteiger partial charge in [-0.05, 0) is 41.3 Å². The summed E-state index contributed by atoms with van der Waals surface area (Å²) in [6, 6.07) is 18.7. The number of hydrogen-bond donors (Lipinski definition) is 0. The first-order valence-corrected chi connectivity index (χ1v) is 9.00. The van der Waals surface area contributed by atoms with Crippen molar-refractivity contribution in [3.8, 4) is 11.1 Å². The Hall–Kier alpha value is -3.52. The van der Waals surface area contributed by atoms with E-state index in [1.165, 1.54) is 11.1 Å². The van der Waals surface area contributed by atoms with Crippen LogP contribution in [0.2, 0.25) is 0 Å². The molecule has 4 aromatic rings. The van der Waals surface area contributed by atoms with E-state index in [1.807, 2.05) is 55.8 Å². The van der Waals surface area contributed by atoms with E-state index in [0.29, 0.717) is 0 Å². The summed E-state index contributed by atoms with van der Waals surface area (Å²) in [5, 5.41) is 2.17. The van der Waals surface area contributed by atoms with Crippen molar-refractivity contribution in [1.29, 1.82) is 0 Å². The second kappa shape index (κ2) is 7.38. The molecule has 27 heavy (non-hydrogen) atoms. The smallest absolute Gasteiger partial charge is 0.0970 e. The number of aromatic nitrogens is 2. The summed E-state index contributed by atoms with van der Waals surface area (Å²) in [7, 11) is 0. The normalized spacial score (nSPS) is 11.7. The monoisotopic (exact) mass is 348 g/mol. The lowest BCUT2D eigenvalue weighted by molar-refractivity contribution is 1.37. The minimum atomic E-state index is 0.906. The highest BCUT2D eigenvalue weighted by molar-refractivity contribution is 6.10. The summed E-state index contributed by atoms with van der Waals surface area (Å²) in [6.07, 6.45) is 11.7. The third-order valence-corrected chi connectivity index (χ3v) is 4.65. The molecule has 0 fully saturated rings. The molecule has 0 bridgehead atoms. The van der Waals surface area contributed by atoms with Gasteiger partial charge in [-0.3, -0.25) is 9.97 Å². The molecule has 0 amide bonds. The van der Waals surface area contributed by atoms with Gasteiger partial charge in [-0.2, -0.15) is 0 Å². The van der Waals surface area contributed by atoms with E-state index in [2.05, 4.69) is 59.0 Å². The standard InChI is InChI=1S/C25H20N2/c1-3-4-6-9-18(2)20-14-16-26-24-22(20)12-13-23-21(15-17-27-25(23)24)19-10-7-5-8-11-19/h3-17H,2H2,1H3/b4-3-,9-6-. The van der Waals surface area contributed by atoms with Gasteiger partial charge in [0.1, 0.15) is 0 Å². The SMILES string of the molecule is C=C(/C=C\C=C/C)c1ccnc2c1ccc1c(-c3ccccc3)ccnc12. The highest BCUT2D eigenvalue weighted by Gasteiger charge is 2.11. The summed E-state index contributed by atoms with van der Waals surface area (Å²) in [5.74, 6) is 0. The van der Waals surface area contributed by atoms with Crippen molar-refractivity contribution in [3.63, 3.8) is 0 Å². The number of hydrogen-bond acceptors (Lipinski definition) is 2. The summed E-state index contributed by atoms with van der Waals surface area (Å²) < 4.78 is 0. The van der Waals surface area contributed by atoms with Crippen LogP contribution in [0.1, 0.15) is 12.5 Å². The number of nitrogens with zero attached hydrogens (tertiary/aromatic N) is 2. The van der Waals surface area contributed by atoms with Gasteiger partial charge in [-0.25, -0.2) is 0 Å². The lowest BCUT2D eigenvalue weighted by atomic mass is 9.97. The van der Waals surface area contributed by atoms with E-state index in [-0.39, 0.29) is 0 Å². The third-order valence-electron chi connectivity index (χ3n) is 4.65. The molecule has 2 aromatic heterocycles. The van der Waals surface area contributed by atoms with E-state index >= 15 is 0 Å². The molecule has 2 nitrogen and oxygen atoms in total. The van der Waals surface area contributed by atoms with E-state index in [9.17, 15) is 0 Å². The van der Waals surface area contributed by atoms with E-state index in [1.54, 1.807) is 0 Å². The summed E-state index contributed by atoms with van der Waals surface area (Å²) in [5.41, 5.74) is 6.21. The molecule has 0 radical (unpaired) electrons. The van der Waals surface area contributed by atoms with Crippen LogP contribution in [-0.2, 0) is 0 Å². The van der Waals surface area contributed by atoms with Gasteiger partial charge in [0, 0.05) is 23.2 Å². The molecular formula is C25H20N2. The zero-order valence-electron chi connectivity index (χ0n) is 15.3. The van der Waals surface area contributed by atoms with E-state index < -0.39 is 0 Å². The van der Waals surface area contributed by atoms with Crippen LogP contribution < -0.4 is 0 Å². The topological polar surface area (TPSA) is 25.8 Å². The van der Waals surface area contributed by atoms with Crippen LogP contribution in [0.4, 0.5) is 0 Å². The molecule has 4 rings (SSSR count). The van der Waals surface area contributed by atoms with Gasteiger partial charge in [0.15, 0.2) is 0 Å². The van der Waals surface area contributed by atoms with Gasteiger partial charge in [0.05, 0.1) is 11.0 Å². The Balaban J connectivity index is 1.93. The fraction of sp³-hybridized carbons (Fsp3) is 0.0400. The summed E-state index contributed by atoms with van der Waals surface area (Å²) in [4.78, 5) is 9.29. The van der Waals surface area contributed by atoms with Gasteiger partial charge < -0.3 is 0 Å². The molecule has 0 N–H and O–H groups in total. The maximum atomic E-state index is 4.65. The number of rotatable bonds is 4. The lowest BCUT2D eigenvalue weighted by Crippen LogP contribution is -1.91. The highest BCUT2D eigenvalue weighted by Crippen LogP contribution is 2.33. The fourth-order valence-electron chi connectivity index (χ4n) is 3.35. The quantitative estimate of drug-likeness (QED) is 0.307. The second-order valence-electron chi connectivity index (χ2n) is 6.35. The largest absolute Gasteiger partial charge is 0.254 e. The molecule has 0 aliphatic heterocycles. The maximum absolute atomic E-state index is 4.65. The molecule has 130 valence electrons. The maximum Gasteiger partial charge on any atom is 0.0970 e. The number of allylic oxidation sites excluding steroid dienone is 5. The van der Waals surface area contributed by atoms with Crippen LogP contribution in [0.15, 0.2) is 97.9 Å². The summed E-state index contributed by atoms with van der Waals surface area (Å²) in [6.45, 7) is 6.22. The Kier molecular flexibility index (Phi) is 4.63. The number of pyridine rings is 2. The molecule has 0 saturated carbocycles. The van der Waals surface area contributed by atoms with Crippen LogP contribution in [0, 0.1) is 0 Å². The van der Waals surface area contributed by atoms with Gasteiger partial charge in [0.2, 0.25) is 0 Å². The molecular weight excluding hydrogens is 328 g/mol. The van der Waals surface area contributed by atoms with Gasteiger partial charge >= 0.3 is 0 Å². The van der Waals surface area contributed by atoms with Crippen LogP contribution in [0.3, 0.4) is 0 Å². The molecule has 0 spiro atoms. The van der Waals surface area contributed by atoms with Gasteiger partial charge in [-0.15, -0.1) is 0 Å². The van der Waals surface area contributed by atoms with Crippen LogP contribution in [-0.4, -0.2) is 9.97 Å². The van der Waals surface area contributed by atoms with Crippen molar-refractivity contribution in [2.75, 3.05) is 0 Å². The third kappa shape index (κ3) is 3.18. The Labute approximate surface area is 159 Å². The Morgan fingerprint density at radius 1 is 0.815 bits per heavy atom. The van der Waals surface area contributed by atoms with Crippen molar-refractivity contribution >= 4 is 27.4 Å². The van der Waals surface area contributed by atoms with E-state index in [0.717, 1.165) is 32.9 Å². The Morgan fingerprint density at radius 2 is 1.52 bits per heavy atom. The molecule has 2 aromatic carbocycles. The van der Waals surface area contributed by atoms with Gasteiger partial charge in [-0.1, -0.05) is 73.3 Å². The van der Waals surface area contributed by atoms with Crippen molar-refractivity contribution in [3.05, 3.63) is 103 Å². The number of benzene rings is 2. The number of fused-ring (bicyclic) bond motifs is 3. The molecule has 0 aliphatic rings. The van der Waals surface area contributed by atoms with Crippen molar-refractivity contribution in [1.82, 2.24) is 9.97 Å². The van der Waals surface area contributed by atoms with Crippen LogP contribution in [0.5, 0.6) is 0 Å². The molecule has 0 atom stereocenters. The zero-order chi connectivity index (χ0) is 18.6.